The van der Waals surface area contributed by atoms with Gasteiger partial charge in [0.25, 0.3) is 0 Å². The molecule has 0 N–H and O–H groups in total. The standard InChI is InChI=1S/C15H24O.C13H24O.C10H18O.C8H14O.C7H14O.C3H8.5C2H6/c1-5-7-9-10-11-13(3)15(14(4)16)12-8-6-2;1-4-8-12(11(2)14)13(3)9-6-5-7-10-13;1-5-9(6-2)10(7-3)8(4)11;1-3-8(6(2)9)7-4-5-7;1-4-6(2)5-7(3)8;1-3-2;5*1-2/h5,7,9-11,13,15H,1,6,8,12H2,2-4H3;12H,4-10H2,1-3H3;7,9H,5-6H2,1-4H3;7-8H,3-5H2,1-2H3;6H,4-5H2,1-3H3;3H2,1-2H3;5*1-2H3/b9-7-,11-10-;;10-7+;;;;;;;;. The second-order valence-corrected chi connectivity index (χ2v) is 18.3. The summed E-state index contributed by atoms with van der Waals surface area (Å²) in [6.07, 6.45) is 32.5. The van der Waals surface area contributed by atoms with E-state index in [2.05, 4.69) is 88.8 Å². The summed E-state index contributed by atoms with van der Waals surface area (Å²) in [5.74, 6) is 4.65. The van der Waals surface area contributed by atoms with Gasteiger partial charge in [-0.2, -0.15) is 0 Å². The van der Waals surface area contributed by atoms with Crippen LogP contribution in [0.1, 0.15) is 303 Å². The normalized spacial score (nSPS) is 14.8. The molecule has 2 aliphatic carbocycles. The van der Waals surface area contributed by atoms with Gasteiger partial charge in [-0.05, 0) is 134 Å². The van der Waals surface area contributed by atoms with Crippen LogP contribution in [0.3, 0.4) is 0 Å². The van der Waals surface area contributed by atoms with Crippen LogP contribution in [0, 0.1) is 46.8 Å². The summed E-state index contributed by atoms with van der Waals surface area (Å²) in [5, 5.41) is 0. The lowest BCUT2D eigenvalue weighted by molar-refractivity contribution is -0.126. The van der Waals surface area contributed by atoms with Crippen molar-refractivity contribution in [1.29, 1.82) is 0 Å². The number of Topliss-reactive ketones (excluding diaryl/α,β-unsaturated/α-hetero) is 5. The quantitative estimate of drug-likeness (QED) is 0.0797. The van der Waals surface area contributed by atoms with Gasteiger partial charge in [0.2, 0.25) is 0 Å². The van der Waals surface area contributed by atoms with Crippen molar-refractivity contribution in [2.24, 2.45) is 46.8 Å². The number of unbranched alkanes of at least 4 members (excludes halogenated alkanes) is 1. The number of carbonyl (C=O) groups excluding carboxylic acids is 5. The van der Waals surface area contributed by atoms with Crippen LogP contribution in [0.4, 0.5) is 0 Å². The minimum atomic E-state index is 0.174. The van der Waals surface area contributed by atoms with Gasteiger partial charge in [0.15, 0.2) is 5.78 Å². The highest BCUT2D eigenvalue weighted by atomic mass is 16.1. The van der Waals surface area contributed by atoms with E-state index < -0.39 is 0 Å². The fraction of sp³-hybridized carbons (Fsp3) is 0.803. The van der Waals surface area contributed by atoms with E-state index in [0.717, 1.165) is 75.7 Å². The molecule has 5 unspecified atom stereocenters. The van der Waals surface area contributed by atoms with E-state index in [1.165, 1.54) is 51.4 Å². The number of rotatable bonds is 22. The van der Waals surface area contributed by atoms with Crippen molar-refractivity contribution in [1.82, 2.24) is 0 Å². The third-order valence-electron chi connectivity index (χ3n) is 12.3. The van der Waals surface area contributed by atoms with E-state index in [1.54, 1.807) is 40.7 Å². The first-order chi connectivity index (χ1) is 33.7. The van der Waals surface area contributed by atoms with E-state index >= 15 is 0 Å². The van der Waals surface area contributed by atoms with Gasteiger partial charge < -0.3 is 4.79 Å². The van der Waals surface area contributed by atoms with Gasteiger partial charge in [-0.15, -0.1) is 0 Å². The number of hydrogen-bond acceptors (Lipinski definition) is 5. The highest BCUT2D eigenvalue weighted by Gasteiger charge is 2.37. The maximum atomic E-state index is 11.6. The molecule has 0 bridgehead atoms. The van der Waals surface area contributed by atoms with Crippen LogP contribution < -0.4 is 0 Å². The molecule has 426 valence electrons. The first kappa shape index (κ1) is 88.0. The fourth-order valence-corrected chi connectivity index (χ4v) is 8.36. The van der Waals surface area contributed by atoms with Crippen LogP contribution in [0.15, 0.2) is 48.6 Å². The SMILES string of the molecule is C/C=C(\C(C)=O)C(CC)CC.C=C/C=C\C=C/C(C)C(CCCC)C(C)=O.CC.CC.CC.CC.CC.CCC.CCC(C(C)=O)C1CC1.CCC(C)CC(C)=O.CCCC(C(C)=O)C1(C)CCCCC1. The molecule has 5 heteroatoms. The van der Waals surface area contributed by atoms with E-state index in [4.69, 9.17) is 0 Å². The van der Waals surface area contributed by atoms with Crippen LogP contribution in [0.2, 0.25) is 0 Å². The van der Waals surface area contributed by atoms with Gasteiger partial charge in [-0.25, -0.2) is 0 Å². The van der Waals surface area contributed by atoms with E-state index in [-0.39, 0.29) is 11.7 Å². The molecule has 2 aliphatic rings. The molecule has 0 amide bonds. The maximum Gasteiger partial charge on any atom is 0.155 e. The smallest absolute Gasteiger partial charge is 0.155 e. The topological polar surface area (TPSA) is 85.3 Å². The number of ketones is 5. The van der Waals surface area contributed by atoms with Crippen molar-refractivity contribution in [3.8, 4) is 0 Å². The van der Waals surface area contributed by atoms with Gasteiger partial charge in [0, 0.05) is 24.2 Å². The Morgan fingerprint density at radius 3 is 1.31 bits per heavy atom. The summed E-state index contributed by atoms with van der Waals surface area (Å²) >= 11 is 0. The molecule has 0 aromatic rings. The lowest BCUT2D eigenvalue weighted by Crippen LogP contribution is -2.34. The highest BCUT2D eigenvalue weighted by molar-refractivity contribution is 5.93. The van der Waals surface area contributed by atoms with Crippen molar-refractivity contribution in [2.45, 2.75) is 303 Å². The minimum Gasteiger partial charge on any atom is -0.300 e. The Morgan fingerprint density at radius 2 is 1.07 bits per heavy atom. The number of hydrogen-bond donors (Lipinski definition) is 0. The number of allylic oxidation sites excluding steroid dienone is 7. The second-order valence-electron chi connectivity index (χ2n) is 18.3. The Labute approximate surface area is 449 Å². The lowest BCUT2D eigenvalue weighted by atomic mass is 9.65. The average molecular weight is 1010 g/mol. The minimum absolute atomic E-state index is 0.174. The molecule has 0 saturated heterocycles. The summed E-state index contributed by atoms with van der Waals surface area (Å²) in [6.45, 7) is 57.6. The third kappa shape index (κ3) is 56.5. The zero-order valence-corrected chi connectivity index (χ0v) is 53.5. The Balaban J connectivity index is -0.0000000924. The summed E-state index contributed by atoms with van der Waals surface area (Å²) < 4.78 is 0. The van der Waals surface area contributed by atoms with Gasteiger partial charge in [0.05, 0.1) is 0 Å². The van der Waals surface area contributed by atoms with Crippen molar-refractivity contribution < 1.29 is 24.0 Å². The second kappa shape index (κ2) is 67.3. The molecule has 0 aromatic carbocycles. The Hall–Kier alpha value is -2.69. The maximum absolute atomic E-state index is 11.6. The molecular weight excluding hydrogens is 873 g/mol. The van der Waals surface area contributed by atoms with Gasteiger partial charge in [0.1, 0.15) is 23.1 Å². The highest BCUT2D eigenvalue weighted by Crippen LogP contribution is 2.44. The van der Waals surface area contributed by atoms with Gasteiger partial charge in [-0.3, -0.25) is 19.2 Å². The lowest BCUT2D eigenvalue weighted by Gasteiger charge is -2.39. The van der Waals surface area contributed by atoms with Crippen LogP contribution in [0.25, 0.3) is 0 Å². The predicted octanol–water partition coefficient (Wildman–Crippen LogP) is 21.8. The molecule has 5 atom stereocenters. The van der Waals surface area contributed by atoms with Crippen LogP contribution in [0.5, 0.6) is 0 Å². The molecule has 0 radical (unpaired) electrons. The summed E-state index contributed by atoms with van der Waals surface area (Å²) in [4.78, 5) is 55.5. The summed E-state index contributed by atoms with van der Waals surface area (Å²) in [7, 11) is 0. The molecule has 0 aliphatic heterocycles. The zero-order chi connectivity index (χ0) is 58.0. The molecular formula is C66H132O5. The molecule has 2 fully saturated rings. The summed E-state index contributed by atoms with van der Waals surface area (Å²) in [5.41, 5.74) is 1.31. The molecule has 0 spiro atoms. The van der Waals surface area contributed by atoms with Crippen molar-refractivity contribution >= 4 is 28.9 Å². The van der Waals surface area contributed by atoms with E-state index in [1.807, 2.05) is 100 Å². The Bertz CT molecular complexity index is 1240. The van der Waals surface area contributed by atoms with Crippen LogP contribution in [-0.4, -0.2) is 28.9 Å². The van der Waals surface area contributed by atoms with Gasteiger partial charge in [-0.1, -0.05) is 240 Å². The molecule has 0 aromatic heterocycles. The average Bonchev–Trinajstić information content (AvgIpc) is 4.21. The largest absolute Gasteiger partial charge is 0.300 e. The van der Waals surface area contributed by atoms with Crippen LogP contribution in [-0.2, 0) is 24.0 Å². The molecule has 5 nitrogen and oxygen atoms in total. The van der Waals surface area contributed by atoms with Crippen molar-refractivity contribution in [2.75, 3.05) is 0 Å². The monoisotopic (exact) mass is 1010 g/mol. The third-order valence-corrected chi connectivity index (χ3v) is 12.3. The van der Waals surface area contributed by atoms with Crippen molar-refractivity contribution in [3.63, 3.8) is 0 Å². The number of carbonyl (C=O) groups is 5. The summed E-state index contributed by atoms with van der Waals surface area (Å²) in [6, 6.07) is 0. The molecule has 0 heterocycles. The van der Waals surface area contributed by atoms with E-state index in [9.17, 15) is 24.0 Å². The Kier molecular flexibility index (Phi) is 83.4. The van der Waals surface area contributed by atoms with Crippen molar-refractivity contribution in [3.05, 3.63) is 48.6 Å². The first-order valence-corrected chi connectivity index (χ1v) is 29.9. The molecule has 2 saturated carbocycles. The van der Waals surface area contributed by atoms with E-state index in [0.29, 0.717) is 58.1 Å². The van der Waals surface area contributed by atoms with Gasteiger partial charge >= 0.3 is 0 Å². The Morgan fingerprint density at radius 1 is 0.606 bits per heavy atom. The molecule has 71 heavy (non-hydrogen) atoms. The van der Waals surface area contributed by atoms with Crippen LogP contribution >= 0.6 is 0 Å². The fourth-order valence-electron chi connectivity index (χ4n) is 8.36. The molecule has 2 rings (SSSR count). The zero-order valence-electron chi connectivity index (χ0n) is 53.5. The first-order valence-electron chi connectivity index (χ1n) is 29.9. The predicted molar refractivity (Wildman–Crippen MR) is 325 cm³/mol.